The number of ketones is 1. The van der Waals surface area contributed by atoms with Crippen molar-refractivity contribution in [1.29, 1.82) is 0 Å². The Hall–Kier alpha value is -5.90. The van der Waals surface area contributed by atoms with Gasteiger partial charge in [0.15, 0.2) is 14.1 Å². The maximum absolute atomic E-state index is 14.4. The summed E-state index contributed by atoms with van der Waals surface area (Å²) in [5.41, 5.74) is 6.15. The number of carbonyl (C=O) groups is 4. The Labute approximate surface area is 436 Å². The summed E-state index contributed by atoms with van der Waals surface area (Å²) in [6, 6.07) is 24.3. The van der Waals surface area contributed by atoms with Crippen LogP contribution in [-0.4, -0.2) is 79.1 Å². The standard InChI is InChI=1S/C59H76N4O10Si/c1-11-12-13-19-37-26-28-38(29-27-37)47-30-39-32-63(57(67)62-55(39)72-47)50-31-48(49(71-50)34-70-74(9,10)59(6,7)8)73-56(66)52(36(4)5)60-54(65)45-25-18-24-44(45)53(64)51(35(2)3)61-58(68)69-33-46-42-22-16-14-20-40(42)41-21-15-17-23-43(41)46/h14-17,20-23,26-30,32,35-36,44-46,48-52H,11-13,18-19,24-25,31,33-34H2,1-10H3,(H,60,65)(H,61,68)/t44?,45?,48?,49-,50-,51?,52?/m1/s1. The zero-order chi connectivity index (χ0) is 53.1. The molecule has 74 heavy (non-hydrogen) atoms. The summed E-state index contributed by atoms with van der Waals surface area (Å²) in [6.45, 7) is 20.4. The summed E-state index contributed by atoms with van der Waals surface area (Å²) in [5, 5.41) is 6.32. The van der Waals surface area contributed by atoms with Crippen molar-refractivity contribution in [3.63, 3.8) is 0 Å². The van der Waals surface area contributed by atoms with Crippen molar-refractivity contribution >= 4 is 43.2 Å². The van der Waals surface area contributed by atoms with Gasteiger partial charge in [-0.05, 0) is 89.5 Å². The SMILES string of the molecule is CCCCCc1ccc(-c2cc3cn([C@H]4CC(OC(=O)C(NC(=O)C5CCCC5C(=O)C(NC(=O)OCC5c6ccccc6-c6ccccc65)C(C)C)C(C)C)[C@@H](CO[Si](C)(C)C(C)(C)C)O4)c(=O)nc3o2)cc1. The Morgan fingerprint density at radius 2 is 1.49 bits per heavy atom. The number of nitrogens with zero attached hydrogens (tertiary/aromatic N) is 2. The van der Waals surface area contributed by atoms with E-state index in [0.717, 1.165) is 47.1 Å². The number of aromatic nitrogens is 2. The topological polar surface area (TPSA) is 177 Å². The molecule has 15 heteroatoms. The molecule has 2 fully saturated rings. The molecule has 1 saturated carbocycles. The Morgan fingerprint density at radius 3 is 2.12 bits per heavy atom. The van der Waals surface area contributed by atoms with E-state index in [-0.39, 0.29) is 53.9 Å². The Kier molecular flexibility index (Phi) is 16.8. The summed E-state index contributed by atoms with van der Waals surface area (Å²) >= 11 is 0. The van der Waals surface area contributed by atoms with Gasteiger partial charge in [0.1, 0.15) is 36.8 Å². The van der Waals surface area contributed by atoms with E-state index in [1.54, 1.807) is 6.20 Å². The predicted molar refractivity (Wildman–Crippen MR) is 288 cm³/mol. The molecule has 7 atom stereocenters. The number of unbranched alkanes of at least 4 members (excludes halogenated alkanes) is 2. The molecule has 2 aliphatic carbocycles. The fourth-order valence-corrected chi connectivity index (χ4v) is 11.5. The molecular formula is C59H76N4O10Si. The second-order valence-electron chi connectivity index (χ2n) is 22.8. The molecule has 2 amide bonds. The van der Waals surface area contributed by atoms with Crippen molar-refractivity contribution in [1.82, 2.24) is 20.2 Å². The van der Waals surface area contributed by atoms with Crippen LogP contribution in [0.15, 0.2) is 94.3 Å². The number of aryl methyl sites for hydroxylation is 1. The summed E-state index contributed by atoms with van der Waals surface area (Å²) in [7, 11) is -2.31. The van der Waals surface area contributed by atoms with Gasteiger partial charge in [0.2, 0.25) is 11.6 Å². The number of Topliss-reactive ketones (excluding diaryl/α,β-unsaturated/α-hetero) is 1. The van der Waals surface area contributed by atoms with Crippen LogP contribution in [0, 0.1) is 23.7 Å². The highest BCUT2D eigenvalue weighted by Gasteiger charge is 2.46. The van der Waals surface area contributed by atoms with Crippen LogP contribution in [0.5, 0.6) is 0 Å². The van der Waals surface area contributed by atoms with Crippen molar-refractivity contribution in [2.75, 3.05) is 13.2 Å². The molecule has 0 radical (unpaired) electrons. The van der Waals surface area contributed by atoms with Crippen LogP contribution in [-0.2, 0) is 39.4 Å². The average molecular weight is 1030 g/mol. The number of furan rings is 1. The number of rotatable bonds is 20. The van der Waals surface area contributed by atoms with Gasteiger partial charge in [-0.15, -0.1) is 0 Å². The quantitative estimate of drug-likeness (QED) is 0.0431. The van der Waals surface area contributed by atoms with Gasteiger partial charge in [-0.1, -0.05) is 147 Å². The van der Waals surface area contributed by atoms with Gasteiger partial charge in [0.05, 0.1) is 18.0 Å². The molecule has 3 aromatic carbocycles. The fourth-order valence-electron chi connectivity index (χ4n) is 10.5. The largest absolute Gasteiger partial charge is 0.458 e. The second kappa shape index (κ2) is 22.9. The molecule has 1 aliphatic heterocycles. The van der Waals surface area contributed by atoms with Crippen LogP contribution in [0.2, 0.25) is 18.1 Å². The summed E-state index contributed by atoms with van der Waals surface area (Å²) in [6.07, 6.45) is 4.70. The molecule has 5 unspecified atom stereocenters. The number of ether oxygens (including phenoxy) is 3. The number of hydrogen-bond acceptors (Lipinski definition) is 11. The van der Waals surface area contributed by atoms with Gasteiger partial charge in [0.25, 0.3) is 0 Å². The molecule has 0 bridgehead atoms. The molecule has 14 nitrogen and oxygen atoms in total. The van der Waals surface area contributed by atoms with E-state index < -0.39 is 74.3 Å². The first-order valence-electron chi connectivity index (χ1n) is 26.8. The molecule has 3 heterocycles. The van der Waals surface area contributed by atoms with Gasteiger partial charge in [-0.3, -0.25) is 14.2 Å². The number of hydrogen-bond donors (Lipinski definition) is 2. The van der Waals surface area contributed by atoms with Crippen molar-refractivity contribution in [2.45, 2.75) is 161 Å². The lowest BCUT2D eigenvalue weighted by atomic mass is 9.84. The fraction of sp³-hybridized carbons (Fsp3) is 0.525. The van der Waals surface area contributed by atoms with Crippen LogP contribution < -0.4 is 16.3 Å². The van der Waals surface area contributed by atoms with Crippen LogP contribution in [0.1, 0.15) is 129 Å². The van der Waals surface area contributed by atoms with E-state index in [0.29, 0.717) is 30.4 Å². The minimum absolute atomic E-state index is 0.102. The van der Waals surface area contributed by atoms with Crippen molar-refractivity contribution in [3.05, 3.63) is 112 Å². The van der Waals surface area contributed by atoms with Crippen LogP contribution >= 0.6 is 0 Å². The lowest BCUT2D eigenvalue weighted by Gasteiger charge is -2.37. The molecule has 8 rings (SSSR count). The number of nitrogens with one attached hydrogen (secondary N) is 2. The highest BCUT2D eigenvalue weighted by Crippen LogP contribution is 2.45. The number of benzene rings is 3. The van der Waals surface area contributed by atoms with Gasteiger partial charge >= 0.3 is 17.8 Å². The third kappa shape index (κ3) is 12.0. The third-order valence-electron chi connectivity index (χ3n) is 15.9. The first-order chi connectivity index (χ1) is 35.2. The lowest BCUT2D eigenvalue weighted by molar-refractivity contribution is -0.158. The maximum Gasteiger partial charge on any atom is 0.407 e. The number of esters is 1. The molecule has 396 valence electrons. The molecule has 1 saturated heterocycles. The Morgan fingerprint density at radius 1 is 0.838 bits per heavy atom. The molecule has 2 N–H and O–H groups in total. The van der Waals surface area contributed by atoms with Crippen LogP contribution in [0.25, 0.3) is 33.6 Å². The first kappa shape index (κ1) is 54.4. The maximum atomic E-state index is 14.4. The zero-order valence-electron chi connectivity index (χ0n) is 44.9. The molecule has 3 aliphatic rings. The number of amides is 2. The average Bonchev–Trinajstić information content (AvgIpc) is 4.18. The van der Waals surface area contributed by atoms with Crippen LogP contribution in [0.4, 0.5) is 4.79 Å². The first-order valence-corrected chi connectivity index (χ1v) is 29.7. The second-order valence-corrected chi connectivity index (χ2v) is 27.6. The van der Waals surface area contributed by atoms with E-state index in [9.17, 15) is 24.0 Å². The van der Waals surface area contributed by atoms with Gasteiger partial charge in [-0.2, -0.15) is 4.98 Å². The minimum atomic E-state index is -2.31. The predicted octanol–water partition coefficient (Wildman–Crippen LogP) is 11.3. The van der Waals surface area contributed by atoms with E-state index in [2.05, 4.69) is 80.7 Å². The Balaban J connectivity index is 0.936. The van der Waals surface area contributed by atoms with E-state index >= 15 is 0 Å². The van der Waals surface area contributed by atoms with Gasteiger partial charge in [-0.25, -0.2) is 14.4 Å². The molecular weight excluding hydrogens is 953 g/mol. The van der Waals surface area contributed by atoms with E-state index in [1.807, 2.05) is 82.3 Å². The van der Waals surface area contributed by atoms with Crippen LogP contribution in [0.3, 0.4) is 0 Å². The smallest absolute Gasteiger partial charge is 0.407 e. The van der Waals surface area contributed by atoms with E-state index in [1.165, 1.54) is 16.6 Å². The lowest BCUT2D eigenvalue weighted by Crippen LogP contribution is -2.52. The number of alkyl carbamates (subject to hydrolysis) is 1. The third-order valence-corrected chi connectivity index (χ3v) is 20.4. The van der Waals surface area contributed by atoms with Crippen molar-refractivity contribution in [2.24, 2.45) is 23.7 Å². The minimum Gasteiger partial charge on any atom is -0.458 e. The van der Waals surface area contributed by atoms with Gasteiger partial charge in [0, 0.05) is 35.9 Å². The zero-order valence-corrected chi connectivity index (χ0v) is 45.9. The molecule has 2 aromatic heterocycles. The highest BCUT2D eigenvalue weighted by molar-refractivity contribution is 6.74. The highest BCUT2D eigenvalue weighted by atomic mass is 28.4. The monoisotopic (exact) mass is 1030 g/mol. The Bertz CT molecular complexity index is 2820. The van der Waals surface area contributed by atoms with Gasteiger partial charge < -0.3 is 33.7 Å². The summed E-state index contributed by atoms with van der Waals surface area (Å²) < 4.78 is 32.8. The molecule has 0 spiro atoms. The van der Waals surface area contributed by atoms with Crippen molar-refractivity contribution in [3.8, 4) is 22.5 Å². The van der Waals surface area contributed by atoms with E-state index in [4.69, 9.17) is 23.1 Å². The molecule has 5 aromatic rings. The number of carbonyl (C=O) groups excluding carboxylic acids is 4. The van der Waals surface area contributed by atoms with Crippen molar-refractivity contribution < 1.29 is 42.2 Å². The number of fused-ring (bicyclic) bond motifs is 4. The normalized spacial score (nSPS) is 20.6. The summed E-state index contributed by atoms with van der Waals surface area (Å²) in [5.74, 6) is -2.96. The summed E-state index contributed by atoms with van der Waals surface area (Å²) in [4.78, 5) is 74.6.